The van der Waals surface area contributed by atoms with Gasteiger partial charge in [0.2, 0.25) is 12.3 Å². The van der Waals surface area contributed by atoms with Crippen LogP contribution >= 0.6 is 0 Å². The van der Waals surface area contributed by atoms with E-state index in [2.05, 4.69) is 0 Å². The van der Waals surface area contributed by atoms with Crippen molar-refractivity contribution in [1.82, 2.24) is 0 Å². The quantitative estimate of drug-likeness (QED) is 0.538. The minimum Gasteiger partial charge on any atom is -0.428 e. The number of carbonyl (C=O) groups excluding carboxylic acids is 1. The van der Waals surface area contributed by atoms with E-state index in [9.17, 15) is 4.79 Å². The van der Waals surface area contributed by atoms with Crippen LogP contribution in [0.1, 0.15) is 10.4 Å². The van der Waals surface area contributed by atoms with Crippen LogP contribution in [0.15, 0.2) is 66.9 Å². The number of fused-ring (bicyclic) bond motifs is 1. The number of aromatic nitrogens is 1. The number of hydrogen-bond donors (Lipinski definition) is 0. The third kappa shape index (κ3) is 3.19. The van der Waals surface area contributed by atoms with E-state index < -0.39 is 0 Å². The van der Waals surface area contributed by atoms with E-state index in [1.54, 1.807) is 16.7 Å². The molecule has 4 heteroatoms. The summed E-state index contributed by atoms with van der Waals surface area (Å²) in [5.74, 6) is 0.529. The van der Waals surface area contributed by atoms with Gasteiger partial charge < -0.3 is 4.74 Å². The summed E-state index contributed by atoms with van der Waals surface area (Å²) in [7, 11) is 0. The lowest BCUT2D eigenvalue weighted by Gasteiger charge is -2.06. The van der Waals surface area contributed by atoms with Crippen LogP contribution in [-0.4, -0.2) is 12.4 Å². The molecule has 0 atom stereocenters. The lowest BCUT2D eigenvalue weighted by molar-refractivity contribution is -0.687. The highest BCUT2D eigenvalue weighted by Crippen LogP contribution is 2.21. The monoisotopic (exact) mass is 303 g/mol. The van der Waals surface area contributed by atoms with Crippen LogP contribution in [0, 0.1) is 11.3 Å². The van der Waals surface area contributed by atoms with Crippen LogP contribution < -0.4 is 9.30 Å². The number of nitrogens with zero attached hydrogens (tertiary/aromatic N) is 2. The Labute approximate surface area is 134 Å². The molecule has 0 spiro atoms. The predicted octanol–water partition coefficient (Wildman–Crippen LogP) is 2.91. The van der Waals surface area contributed by atoms with Crippen LogP contribution in [0.5, 0.6) is 5.88 Å². The smallest absolute Gasteiger partial charge is 0.377 e. The molecular formula is C19H15N2O2+. The minimum atomic E-state index is -0.0620. The normalized spacial score (nSPS) is 10.2. The first-order valence-electron chi connectivity index (χ1n) is 7.29. The van der Waals surface area contributed by atoms with Gasteiger partial charge in [0, 0.05) is 11.6 Å². The summed E-state index contributed by atoms with van der Waals surface area (Å²) in [6.45, 7) is 0.100. The second-order valence-electron chi connectivity index (χ2n) is 5.07. The molecule has 0 unspecified atom stereocenters. The molecule has 0 bridgehead atoms. The van der Waals surface area contributed by atoms with E-state index in [1.165, 1.54) is 0 Å². The molecule has 0 saturated heterocycles. The first kappa shape index (κ1) is 14.7. The maximum atomic E-state index is 12.4. The van der Waals surface area contributed by atoms with Crippen molar-refractivity contribution in [2.75, 3.05) is 6.61 Å². The predicted molar refractivity (Wildman–Crippen MR) is 86.0 cm³/mol. The molecule has 1 aromatic heterocycles. The molecule has 0 aliphatic rings. The van der Waals surface area contributed by atoms with Gasteiger partial charge >= 0.3 is 5.88 Å². The highest BCUT2D eigenvalue weighted by Gasteiger charge is 2.20. The molecule has 2 aromatic carbocycles. The summed E-state index contributed by atoms with van der Waals surface area (Å²) in [4.78, 5) is 12.4. The van der Waals surface area contributed by atoms with Gasteiger partial charge in [-0.1, -0.05) is 48.5 Å². The SMILES string of the molecule is N#CCOc1c2ccccc2cc[n+]1CC(=O)c1ccccc1. The summed E-state index contributed by atoms with van der Waals surface area (Å²) in [5.41, 5.74) is 0.652. The first-order valence-corrected chi connectivity index (χ1v) is 7.29. The van der Waals surface area contributed by atoms with E-state index in [4.69, 9.17) is 10.00 Å². The van der Waals surface area contributed by atoms with Gasteiger partial charge in [-0.25, -0.2) is 0 Å². The van der Waals surface area contributed by atoms with Crippen LogP contribution in [-0.2, 0) is 6.54 Å². The minimum absolute atomic E-state index is 0.00677. The Bertz CT molecular complexity index is 883. The Hall–Kier alpha value is -3.19. The highest BCUT2D eigenvalue weighted by molar-refractivity contribution is 5.95. The summed E-state index contributed by atoms with van der Waals surface area (Å²) in [5, 5.41) is 10.7. The molecule has 3 rings (SSSR count). The van der Waals surface area contributed by atoms with E-state index in [0.29, 0.717) is 11.4 Å². The number of pyridine rings is 1. The highest BCUT2D eigenvalue weighted by atomic mass is 16.5. The van der Waals surface area contributed by atoms with Gasteiger partial charge in [-0.3, -0.25) is 4.79 Å². The standard InChI is InChI=1S/C19H15N2O2/c20-11-13-23-19-17-9-5-4-6-15(17)10-12-21(19)14-18(22)16-7-2-1-3-8-16/h1-10,12H,13-14H2/q+1. The van der Waals surface area contributed by atoms with Crippen molar-refractivity contribution in [3.05, 3.63) is 72.4 Å². The largest absolute Gasteiger partial charge is 0.428 e. The number of hydrogen-bond acceptors (Lipinski definition) is 3. The van der Waals surface area contributed by atoms with E-state index in [-0.39, 0.29) is 18.9 Å². The second kappa shape index (κ2) is 6.71. The summed E-state index contributed by atoms with van der Waals surface area (Å²) >= 11 is 0. The van der Waals surface area contributed by atoms with E-state index in [0.717, 1.165) is 10.8 Å². The molecule has 0 aliphatic carbocycles. The Kier molecular flexibility index (Phi) is 4.30. The fraction of sp³-hybridized carbons (Fsp3) is 0.105. The molecule has 4 nitrogen and oxygen atoms in total. The Morgan fingerprint density at radius 2 is 1.78 bits per heavy atom. The lowest BCUT2D eigenvalue weighted by atomic mass is 10.1. The average Bonchev–Trinajstić information content (AvgIpc) is 2.61. The van der Waals surface area contributed by atoms with Gasteiger partial charge in [0.1, 0.15) is 6.07 Å². The molecule has 0 fully saturated rings. The molecule has 23 heavy (non-hydrogen) atoms. The number of carbonyl (C=O) groups is 1. The molecule has 112 valence electrons. The van der Waals surface area contributed by atoms with Gasteiger partial charge in [-0.05, 0) is 11.5 Å². The van der Waals surface area contributed by atoms with Gasteiger partial charge in [-0.2, -0.15) is 9.83 Å². The summed E-state index contributed by atoms with van der Waals surface area (Å²) in [6.07, 6.45) is 1.82. The van der Waals surface area contributed by atoms with Crippen molar-refractivity contribution in [2.45, 2.75) is 6.54 Å². The van der Waals surface area contributed by atoms with Crippen molar-refractivity contribution in [2.24, 2.45) is 0 Å². The number of benzene rings is 2. The van der Waals surface area contributed by atoms with E-state index in [1.807, 2.05) is 60.8 Å². The van der Waals surface area contributed by atoms with Crippen molar-refractivity contribution in [1.29, 1.82) is 5.26 Å². The fourth-order valence-corrected chi connectivity index (χ4v) is 2.49. The zero-order chi connectivity index (χ0) is 16.1. The molecule has 0 radical (unpaired) electrons. The summed E-state index contributed by atoms with van der Waals surface area (Å²) < 4.78 is 7.33. The number of rotatable bonds is 5. The Morgan fingerprint density at radius 1 is 1.04 bits per heavy atom. The average molecular weight is 303 g/mol. The van der Waals surface area contributed by atoms with Crippen LogP contribution in [0.2, 0.25) is 0 Å². The van der Waals surface area contributed by atoms with Gasteiger partial charge in [-0.15, -0.1) is 0 Å². The third-order valence-corrected chi connectivity index (χ3v) is 3.57. The maximum Gasteiger partial charge on any atom is 0.377 e. The topological polar surface area (TPSA) is 54.0 Å². The van der Waals surface area contributed by atoms with Gasteiger partial charge in [0.05, 0.1) is 5.39 Å². The molecule has 0 saturated carbocycles. The zero-order valence-corrected chi connectivity index (χ0v) is 12.5. The van der Waals surface area contributed by atoms with Gasteiger partial charge in [0.15, 0.2) is 12.8 Å². The Morgan fingerprint density at radius 3 is 2.57 bits per heavy atom. The second-order valence-corrected chi connectivity index (χ2v) is 5.07. The van der Waals surface area contributed by atoms with Crippen LogP contribution in [0.25, 0.3) is 10.8 Å². The van der Waals surface area contributed by atoms with Crippen molar-refractivity contribution in [3.63, 3.8) is 0 Å². The number of ether oxygens (including phenoxy) is 1. The van der Waals surface area contributed by atoms with Crippen LogP contribution in [0.4, 0.5) is 0 Å². The van der Waals surface area contributed by atoms with Crippen molar-refractivity contribution >= 4 is 16.6 Å². The maximum absolute atomic E-state index is 12.4. The molecule has 3 aromatic rings. The molecule has 0 aliphatic heterocycles. The zero-order valence-electron chi connectivity index (χ0n) is 12.5. The molecule has 1 heterocycles. The van der Waals surface area contributed by atoms with Gasteiger partial charge in [0.25, 0.3) is 0 Å². The third-order valence-electron chi connectivity index (χ3n) is 3.57. The number of nitriles is 1. The first-order chi connectivity index (χ1) is 11.3. The van der Waals surface area contributed by atoms with Crippen molar-refractivity contribution < 1.29 is 14.1 Å². The molecular weight excluding hydrogens is 288 g/mol. The molecule has 0 N–H and O–H groups in total. The van der Waals surface area contributed by atoms with Crippen LogP contribution in [0.3, 0.4) is 0 Å². The Balaban J connectivity index is 1.99. The lowest BCUT2D eigenvalue weighted by Crippen LogP contribution is -2.39. The number of Topliss-reactive ketones (excluding diaryl/α,β-unsaturated/α-hetero) is 1. The molecule has 0 amide bonds. The van der Waals surface area contributed by atoms with Crippen molar-refractivity contribution in [3.8, 4) is 11.9 Å². The number of ketones is 1. The summed E-state index contributed by atoms with van der Waals surface area (Å²) in [6, 6.07) is 20.8. The van der Waals surface area contributed by atoms with E-state index >= 15 is 0 Å². The fourth-order valence-electron chi connectivity index (χ4n) is 2.49.